The molecule has 4 heteroatoms. The highest BCUT2D eigenvalue weighted by atomic mass is 16.5. The summed E-state index contributed by atoms with van der Waals surface area (Å²) >= 11 is 0. The minimum absolute atomic E-state index is 0.0927. The van der Waals surface area contributed by atoms with Gasteiger partial charge < -0.3 is 15.4 Å². The molecule has 0 saturated carbocycles. The van der Waals surface area contributed by atoms with Gasteiger partial charge in [-0.3, -0.25) is 4.79 Å². The number of para-hydroxylation sites is 1. The van der Waals surface area contributed by atoms with Crippen LogP contribution in [0.1, 0.15) is 18.9 Å². The fraction of sp³-hybridized carbons (Fsp3) is 0.462. The van der Waals surface area contributed by atoms with Crippen molar-refractivity contribution in [3.63, 3.8) is 0 Å². The van der Waals surface area contributed by atoms with Crippen LogP contribution in [0.4, 0.5) is 11.4 Å². The Morgan fingerprint density at radius 1 is 1.53 bits per heavy atom. The first kappa shape index (κ1) is 11.9. The predicted octanol–water partition coefficient (Wildman–Crippen LogP) is 1.58. The number of benzene rings is 1. The van der Waals surface area contributed by atoms with Crippen molar-refractivity contribution in [2.75, 3.05) is 30.4 Å². The fourth-order valence-corrected chi connectivity index (χ4v) is 2.17. The van der Waals surface area contributed by atoms with E-state index in [4.69, 9.17) is 10.5 Å². The molecule has 0 unspecified atom stereocenters. The second-order valence-electron chi connectivity index (χ2n) is 4.10. The minimum Gasteiger partial charge on any atom is -0.397 e. The molecule has 0 bridgehead atoms. The number of nitrogens with two attached hydrogens (primary N) is 1. The summed E-state index contributed by atoms with van der Waals surface area (Å²) in [6.45, 7) is 3.78. The number of rotatable bonds is 4. The number of amides is 1. The number of nitrogen functional groups attached to an aromatic ring is 1. The van der Waals surface area contributed by atoms with Crippen LogP contribution < -0.4 is 10.6 Å². The normalized spacial score (nSPS) is 13.8. The number of anilines is 2. The molecular formula is C13H18N2O2. The van der Waals surface area contributed by atoms with Gasteiger partial charge in [-0.2, -0.15) is 0 Å². The monoisotopic (exact) mass is 234 g/mol. The van der Waals surface area contributed by atoms with Crippen LogP contribution in [0.3, 0.4) is 0 Å². The molecule has 0 spiro atoms. The average Bonchev–Trinajstić information content (AvgIpc) is 2.74. The Labute approximate surface area is 101 Å². The van der Waals surface area contributed by atoms with Crippen LogP contribution in [-0.4, -0.2) is 25.7 Å². The van der Waals surface area contributed by atoms with Crippen LogP contribution in [-0.2, 0) is 16.0 Å². The zero-order valence-corrected chi connectivity index (χ0v) is 10.1. The van der Waals surface area contributed by atoms with Gasteiger partial charge in [-0.25, -0.2) is 0 Å². The van der Waals surface area contributed by atoms with Crippen molar-refractivity contribution in [3.05, 3.63) is 23.8 Å². The Kier molecular flexibility index (Phi) is 3.64. The molecule has 0 fully saturated rings. The maximum atomic E-state index is 12.0. The van der Waals surface area contributed by atoms with Gasteiger partial charge in [0.1, 0.15) is 0 Å². The Morgan fingerprint density at radius 3 is 3.12 bits per heavy atom. The van der Waals surface area contributed by atoms with Gasteiger partial charge in [-0.15, -0.1) is 0 Å². The van der Waals surface area contributed by atoms with Gasteiger partial charge in [-0.05, 0) is 25.0 Å². The summed E-state index contributed by atoms with van der Waals surface area (Å²) in [7, 11) is 0. The van der Waals surface area contributed by atoms with Crippen molar-refractivity contribution in [2.24, 2.45) is 0 Å². The number of ether oxygens (including phenoxy) is 1. The molecule has 0 radical (unpaired) electrons. The third-order valence-corrected chi connectivity index (χ3v) is 2.99. The molecule has 1 aliphatic rings. The number of hydrogen-bond acceptors (Lipinski definition) is 3. The van der Waals surface area contributed by atoms with Crippen LogP contribution in [0.25, 0.3) is 0 Å². The highest BCUT2D eigenvalue weighted by Crippen LogP contribution is 2.33. The van der Waals surface area contributed by atoms with Gasteiger partial charge in [0.05, 0.1) is 24.4 Å². The van der Waals surface area contributed by atoms with Crippen LogP contribution in [0, 0.1) is 0 Å². The van der Waals surface area contributed by atoms with Gasteiger partial charge in [0.15, 0.2) is 0 Å². The zero-order valence-electron chi connectivity index (χ0n) is 10.1. The molecule has 92 valence electrons. The van der Waals surface area contributed by atoms with Crippen molar-refractivity contribution >= 4 is 17.3 Å². The third-order valence-electron chi connectivity index (χ3n) is 2.99. The van der Waals surface area contributed by atoms with Crippen molar-refractivity contribution in [2.45, 2.75) is 19.8 Å². The lowest BCUT2D eigenvalue weighted by Crippen LogP contribution is -2.30. The first-order valence-corrected chi connectivity index (χ1v) is 5.99. The molecule has 0 aromatic heterocycles. The van der Waals surface area contributed by atoms with Crippen LogP contribution in [0.2, 0.25) is 0 Å². The van der Waals surface area contributed by atoms with Crippen molar-refractivity contribution < 1.29 is 9.53 Å². The van der Waals surface area contributed by atoms with E-state index >= 15 is 0 Å². The second kappa shape index (κ2) is 5.19. The molecule has 1 aromatic rings. The van der Waals surface area contributed by atoms with Crippen molar-refractivity contribution in [3.8, 4) is 0 Å². The highest BCUT2D eigenvalue weighted by molar-refractivity contribution is 5.98. The number of fused-ring (bicyclic) bond motifs is 1. The van der Waals surface area contributed by atoms with E-state index in [0.29, 0.717) is 25.3 Å². The average molecular weight is 234 g/mol. The molecule has 1 aromatic carbocycles. The zero-order chi connectivity index (χ0) is 12.3. The van der Waals surface area contributed by atoms with Crippen LogP contribution in [0.5, 0.6) is 0 Å². The van der Waals surface area contributed by atoms with E-state index in [1.807, 2.05) is 25.1 Å². The summed E-state index contributed by atoms with van der Waals surface area (Å²) in [5.41, 5.74) is 8.67. The molecule has 0 aliphatic carbocycles. The van der Waals surface area contributed by atoms with E-state index in [1.165, 1.54) is 0 Å². The SMILES string of the molecule is CCOCCC(=O)N1CCc2cccc(N)c21. The topological polar surface area (TPSA) is 55.6 Å². The lowest BCUT2D eigenvalue weighted by Gasteiger charge is -2.18. The predicted molar refractivity (Wildman–Crippen MR) is 68.0 cm³/mol. The maximum Gasteiger partial charge on any atom is 0.229 e. The maximum absolute atomic E-state index is 12.0. The molecule has 1 amide bonds. The van der Waals surface area contributed by atoms with E-state index in [9.17, 15) is 4.79 Å². The standard InChI is InChI=1S/C13H18N2O2/c1-2-17-9-7-12(16)15-8-6-10-4-3-5-11(14)13(10)15/h3-5H,2,6-9,14H2,1H3. The molecule has 4 nitrogen and oxygen atoms in total. The first-order chi connectivity index (χ1) is 8.24. The second-order valence-corrected chi connectivity index (χ2v) is 4.10. The first-order valence-electron chi connectivity index (χ1n) is 5.99. The number of hydrogen-bond donors (Lipinski definition) is 1. The van der Waals surface area contributed by atoms with E-state index in [1.54, 1.807) is 4.90 Å². The molecule has 1 heterocycles. The number of nitrogens with zero attached hydrogens (tertiary/aromatic N) is 1. The van der Waals surface area contributed by atoms with Gasteiger partial charge in [0.25, 0.3) is 0 Å². The minimum atomic E-state index is 0.0927. The lowest BCUT2D eigenvalue weighted by molar-refractivity contribution is -0.119. The van der Waals surface area contributed by atoms with E-state index in [0.717, 1.165) is 24.2 Å². The number of carbonyl (C=O) groups is 1. The molecule has 2 N–H and O–H groups in total. The van der Waals surface area contributed by atoms with Gasteiger partial charge >= 0.3 is 0 Å². The summed E-state index contributed by atoms with van der Waals surface area (Å²) in [4.78, 5) is 13.8. The molecule has 1 aliphatic heterocycles. The Bertz CT molecular complexity index is 418. The van der Waals surface area contributed by atoms with E-state index in [-0.39, 0.29) is 5.91 Å². The molecular weight excluding hydrogens is 216 g/mol. The van der Waals surface area contributed by atoms with Crippen LogP contribution in [0.15, 0.2) is 18.2 Å². The molecule has 2 rings (SSSR count). The number of carbonyl (C=O) groups excluding carboxylic acids is 1. The highest BCUT2D eigenvalue weighted by Gasteiger charge is 2.25. The van der Waals surface area contributed by atoms with Crippen LogP contribution >= 0.6 is 0 Å². The van der Waals surface area contributed by atoms with Gasteiger partial charge in [-0.1, -0.05) is 12.1 Å². The quantitative estimate of drug-likeness (QED) is 0.635. The summed E-state index contributed by atoms with van der Waals surface area (Å²) in [5, 5.41) is 0. The van der Waals surface area contributed by atoms with Crippen molar-refractivity contribution in [1.29, 1.82) is 0 Å². The van der Waals surface area contributed by atoms with E-state index in [2.05, 4.69) is 0 Å². The Balaban J connectivity index is 2.08. The molecule has 17 heavy (non-hydrogen) atoms. The summed E-state index contributed by atoms with van der Waals surface area (Å²) < 4.78 is 5.20. The summed E-state index contributed by atoms with van der Waals surface area (Å²) in [6, 6.07) is 5.80. The summed E-state index contributed by atoms with van der Waals surface area (Å²) in [6.07, 6.45) is 1.31. The molecule has 0 saturated heterocycles. The lowest BCUT2D eigenvalue weighted by atomic mass is 10.1. The largest absolute Gasteiger partial charge is 0.397 e. The Morgan fingerprint density at radius 2 is 2.35 bits per heavy atom. The van der Waals surface area contributed by atoms with Gasteiger partial charge in [0.2, 0.25) is 5.91 Å². The van der Waals surface area contributed by atoms with E-state index < -0.39 is 0 Å². The third kappa shape index (κ3) is 2.42. The Hall–Kier alpha value is -1.55. The van der Waals surface area contributed by atoms with Crippen molar-refractivity contribution in [1.82, 2.24) is 0 Å². The molecule has 0 atom stereocenters. The fourth-order valence-electron chi connectivity index (χ4n) is 2.17. The van der Waals surface area contributed by atoms with Gasteiger partial charge in [0, 0.05) is 13.2 Å². The summed E-state index contributed by atoms with van der Waals surface area (Å²) in [5.74, 6) is 0.0927. The smallest absolute Gasteiger partial charge is 0.229 e.